The smallest absolute Gasteiger partial charge is 0.349 e. The van der Waals surface area contributed by atoms with Crippen molar-refractivity contribution in [2.45, 2.75) is 76.8 Å². The number of ether oxygens (including phenoxy) is 3. The van der Waals surface area contributed by atoms with Crippen LogP contribution in [0.1, 0.15) is 44.7 Å². The number of benzene rings is 1. The monoisotopic (exact) mass is 506 g/mol. The maximum absolute atomic E-state index is 12.8. The first-order valence-electron chi connectivity index (χ1n) is 12.0. The van der Waals surface area contributed by atoms with Gasteiger partial charge in [0.1, 0.15) is 47.1 Å². The molecule has 2 aliphatic heterocycles. The molecule has 2 fully saturated rings. The lowest BCUT2D eigenvalue weighted by Crippen LogP contribution is -2.63. The van der Waals surface area contributed by atoms with Crippen molar-refractivity contribution in [3.63, 3.8) is 0 Å². The molecule has 0 aliphatic carbocycles. The Morgan fingerprint density at radius 1 is 1.25 bits per heavy atom. The van der Waals surface area contributed by atoms with Crippen LogP contribution in [0.25, 0.3) is 11.0 Å². The number of oxime groups is 1. The number of nitrogens with one attached hydrogen (secondary N) is 1. The number of aliphatic hydroxyl groups is 2. The Hall–Kier alpha value is -2.70. The van der Waals surface area contributed by atoms with E-state index in [-0.39, 0.29) is 39.8 Å². The number of nitrogens with zero attached hydrogens (tertiary/aromatic N) is 1. The molecule has 2 aliphatic rings. The fraction of sp³-hybridized carbons (Fsp3) is 0.600. The Morgan fingerprint density at radius 3 is 2.67 bits per heavy atom. The number of hydrogen-bond acceptors (Lipinski definition) is 11. The highest BCUT2D eigenvalue weighted by molar-refractivity contribution is 6.04. The van der Waals surface area contributed by atoms with Gasteiger partial charge in [0.2, 0.25) is 6.29 Å². The second-order valence-corrected chi connectivity index (χ2v) is 9.77. The molecule has 0 amide bonds. The van der Waals surface area contributed by atoms with E-state index in [0.29, 0.717) is 12.1 Å². The zero-order valence-corrected chi connectivity index (χ0v) is 21.1. The molecule has 0 saturated carbocycles. The normalized spacial score (nSPS) is 28.8. The summed E-state index contributed by atoms with van der Waals surface area (Å²) in [5, 5.41) is 39.5. The number of aryl methyl sites for hydroxylation is 1. The summed E-state index contributed by atoms with van der Waals surface area (Å²) in [6, 6.07) is 3.10. The van der Waals surface area contributed by atoms with Crippen molar-refractivity contribution in [3.05, 3.63) is 33.7 Å². The minimum absolute atomic E-state index is 0.0825. The van der Waals surface area contributed by atoms with Gasteiger partial charge in [-0.05, 0) is 59.2 Å². The van der Waals surface area contributed by atoms with Crippen molar-refractivity contribution in [3.8, 4) is 11.5 Å². The van der Waals surface area contributed by atoms with Gasteiger partial charge in [-0.1, -0.05) is 5.16 Å². The van der Waals surface area contributed by atoms with Crippen molar-refractivity contribution in [1.29, 1.82) is 0 Å². The number of hydrogen-bond donors (Lipinski definition) is 4. The predicted octanol–water partition coefficient (Wildman–Crippen LogP) is 1.55. The second kappa shape index (κ2) is 10.3. The van der Waals surface area contributed by atoms with Gasteiger partial charge in [0.25, 0.3) is 0 Å². The first-order valence-corrected chi connectivity index (χ1v) is 12.0. The topological polar surface area (TPSA) is 152 Å². The van der Waals surface area contributed by atoms with Crippen molar-refractivity contribution < 1.29 is 38.8 Å². The summed E-state index contributed by atoms with van der Waals surface area (Å²) in [6.07, 6.45) is -2.89. The van der Waals surface area contributed by atoms with Crippen LogP contribution in [0.2, 0.25) is 0 Å². The van der Waals surface area contributed by atoms with Gasteiger partial charge in [0, 0.05) is 19.2 Å². The highest BCUT2D eigenvalue weighted by Gasteiger charge is 2.50. The van der Waals surface area contributed by atoms with E-state index in [4.69, 9.17) is 23.5 Å². The highest BCUT2D eigenvalue weighted by Crippen LogP contribution is 2.37. The van der Waals surface area contributed by atoms with Gasteiger partial charge in [0.05, 0.1) is 16.7 Å². The molecule has 0 spiro atoms. The van der Waals surface area contributed by atoms with E-state index in [1.807, 2.05) is 0 Å². The van der Waals surface area contributed by atoms with Crippen LogP contribution in [-0.4, -0.2) is 77.5 Å². The molecule has 36 heavy (non-hydrogen) atoms. The molecule has 0 bridgehead atoms. The average Bonchev–Trinajstić information content (AvgIpc) is 2.83. The lowest BCUT2D eigenvalue weighted by Gasteiger charge is -2.46. The van der Waals surface area contributed by atoms with Gasteiger partial charge in [-0.3, -0.25) is 0 Å². The van der Waals surface area contributed by atoms with Gasteiger partial charge in [0.15, 0.2) is 0 Å². The largest absolute Gasteiger partial charge is 0.506 e. The summed E-state index contributed by atoms with van der Waals surface area (Å²) in [6.45, 7) is 8.25. The third kappa shape index (κ3) is 4.94. The first kappa shape index (κ1) is 26.4. The first-order chi connectivity index (χ1) is 17.0. The molecular weight excluding hydrogens is 472 g/mol. The van der Waals surface area contributed by atoms with Crippen molar-refractivity contribution >= 4 is 16.7 Å². The van der Waals surface area contributed by atoms with Crippen LogP contribution in [0.3, 0.4) is 0 Å². The van der Waals surface area contributed by atoms with Crippen LogP contribution in [0, 0.1) is 6.92 Å². The molecule has 1 aromatic carbocycles. The maximum Gasteiger partial charge on any atom is 0.349 e. The third-order valence-electron chi connectivity index (χ3n) is 6.74. The Balaban J connectivity index is 1.62. The number of rotatable bonds is 6. The van der Waals surface area contributed by atoms with Gasteiger partial charge >= 0.3 is 5.63 Å². The van der Waals surface area contributed by atoms with E-state index in [1.54, 1.807) is 33.8 Å². The summed E-state index contributed by atoms with van der Waals surface area (Å²) in [4.78, 5) is 18.4. The van der Waals surface area contributed by atoms with Crippen LogP contribution >= 0.6 is 0 Å². The van der Waals surface area contributed by atoms with Gasteiger partial charge in [-0.15, -0.1) is 0 Å². The zero-order valence-electron chi connectivity index (χ0n) is 21.1. The highest BCUT2D eigenvalue weighted by atomic mass is 16.7. The minimum atomic E-state index is -1.39. The van der Waals surface area contributed by atoms with Crippen LogP contribution in [0.15, 0.2) is 26.5 Å². The number of aliphatic hydroxyl groups excluding tert-OH is 2. The summed E-state index contributed by atoms with van der Waals surface area (Å²) < 4.78 is 22.6. The minimum Gasteiger partial charge on any atom is -0.506 e. The second-order valence-electron chi connectivity index (χ2n) is 9.77. The molecule has 2 saturated heterocycles. The molecule has 0 radical (unpaired) electrons. The SMILES string of the molecule is CO[C@@H]1[C@H](O)[C@@H](O)[C@H](Oc2ccc3c(O)c(C(C)=NOC4CCCNC4)c(=O)oc3c2C)OC1(C)C. The van der Waals surface area contributed by atoms with E-state index in [1.165, 1.54) is 13.2 Å². The third-order valence-corrected chi connectivity index (χ3v) is 6.74. The molecule has 4 rings (SSSR count). The van der Waals surface area contributed by atoms with Crippen molar-refractivity contribution in [2.24, 2.45) is 5.16 Å². The number of aromatic hydroxyl groups is 1. The van der Waals surface area contributed by atoms with E-state index >= 15 is 0 Å². The summed E-state index contributed by atoms with van der Waals surface area (Å²) in [7, 11) is 1.43. The lowest BCUT2D eigenvalue weighted by molar-refractivity contribution is -0.306. The molecule has 1 unspecified atom stereocenters. The Kier molecular flexibility index (Phi) is 7.58. The van der Waals surface area contributed by atoms with Crippen molar-refractivity contribution in [1.82, 2.24) is 5.32 Å². The zero-order chi connectivity index (χ0) is 26.2. The Bertz CT molecular complexity index is 1190. The molecule has 3 heterocycles. The van der Waals surface area contributed by atoms with Crippen molar-refractivity contribution in [2.75, 3.05) is 20.2 Å². The lowest BCUT2D eigenvalue weighted by atomic mass is 9.89. The van der Waals surface area contributed by atoms with E-state index in [2.05, 4.69) is 10.5 Å². The summed E-state index contributed by atoms with van der Waals surface area (Å²) in [5.74, 6) is -0.0322. The molecular formula is C25H34N2O9. The van der Waals surface area contributed by atoms with E-state index in [0.717, 1.165) is 19.4 Å². The Morgan fingerprint density at radius 2 is 2.00 bits per heavy atom. The van der Waals surface area contributed by atoms with Gasteiger partial charge in [-0.25, -0.2) is 4.79 Å². The van der Waals surface area contributed by atoms with Crippen LogP contribution in [0.4, 0.5) is 0 Å². The van der Waals surface area contributed by atoms with Crippen LogP contribution in [-0.2, 0) is 14.3 Å². The molecule has 11 nitrogen and oxygen atoms in total. The average molecular weight is 507 g/mol. The number of fused-ring (bicyclic) bond motifs is 1. The van der Waals surface area contributed by atoms with Crippen LogP contribution in [0.5, 0.6) is 11.5 Å². The molecule has 4 N–H and O–H groups in total. The fourth-order valence-corrected chi connectivity index (χ4v) is 4.75. The standard InChI is InChI=1S/C25H34N2O9/c1-12-16(33-24-20(30)19(29)22(32-5)25(3,4)35-24)9-8-15-18(28)17(23(31)34-21(12)15)13(2)27-36-14-7-6-10-26-11-14/h8-9,14,19-20,22,24,26,28-30H,6-7,10-11H2,1-5H3/t14?,19-,20-,22-,24-/m1/s1. The predicted molar refractivity (Wildman–Crippen MR) is 130 cm³/mol. The van der Waals surface area contributed by atoms with Crippen LogP contribution < -0.4 is 15.7 Å². The summed E-state index contributed by atoms with van der Waals surface area (Å²) in [5.41, 5.74) is -1.09. The molecule has 5 atom stereocenters. The molecule has 2 aromatic rings. The van der Waals surface area contributed by atoms with E-state index < -0.39 is 35.8 Å². The van der Waals surface area contributed by atoms with Gasteiger partial charge in [-0.2, -0.15) is 0 Å². The number of methoxy groups -OCH3 is 1. The Labute approximate surface area is 208 Å². The fourth-order valence-electron chi connectivity index (χ4n) is 4.75. The molecule has 198 valence electrons. The van der Waals surface area contributed by atoms with E-state index in [9.17, 15) is 20.1 Å². The number of piperidine rings is 1. The maximum atomic E-state index is 12.8. The summed E-state index contributed by atoms with van der Waals surface area (Å²) >= 11 is 0. The molecule has 1 aromatic heterocycles. The van der Waals surface area contributed by atoms with Gasteiger partial charge < -0.3 is 44.1 Å². The quantitative estimate of drug-likeness (QED) is 0.258. The molecule has 11 heteroatoms.